The lowest BCUT2D eigenvalue weighted by Crippen LogP contribution is -2.19. The van der Waals surface area contributed by atoms with Crippen LogP contribution in [0.1, 0.15) is 38.8 Å². The number of hydrogen-bond acceptors (Lipinski definition) is 4. The van der Waals surface area contributed by atoms with Crippen molar-refractivity contribution in [2.24, 2.45) is 0 Å². The second kappa shape index (κ2) is 8.89. The van der Waals surface area contributed by atoms with Gasteiger partial charge in [0.2, 0.25) is 5.88 Å². The van der Waals surface area contributed by atoms with Crippen LogP contribution in [-0.4, -0.2) is 31.3 Å². The first-order chi connectivity index (χ1) is 8.77. The van der Waals surface area contributed by atoms with E-state index in [1.165, 1.54) is 5.56 Å². The van der Waals surface area contributed by atoms with Gasteiger partial charge in [0, 0.05) is 24.9 Å². The average Bonchev–Trinajstić information content (AvgIpc) is 2.41. The van der Waals surface area contributed by atoms with Crippen molar-refractivity contribution in [1.82, 2.24) is 10.3 Å². The number of rotatable bonds is 9. The normalized spacial score (nSPS) is 12.4. The fourth-order valence-corrected chi connectivity index (χ4v) is 1.56. The minimum absolute atomic E-state index is 0.329. The van der Waals surface area contributed by atoms with Crippen molar-refractivity contribution in [3.8, 4) is 5.88 Å². The molecule has 0 saturated heterocycles. The standard InChI is InChI=1S/C14H24N2O2/c1-4-8-15-12(3)13-6-7-14(16-11-13)18-10-9-17-5-2/h6-7,11-12,15H,4-5,8-10H2,1-3H3. The van der Waals surface area contributed by atoms with E-state index in [4.69, 9.17) is 9.47 Å². The lowest BCUT2D eigenvalue weighted by molar-refractivity contribution is 0.108. The fraction of sp³-hybridized carbons (Fsp3) is 0.643. The van der Waals surface area contributed by atoms with E-state index in [1.807, 2.05) is 19.2 Å². The van der Waals surface area contributed by atoms with E-state index in [9.17, 15) is 0 Å². The number of ether oxygens (including phenoxy) is 2. The molecule has 0 saturated carbocycles. The second-order valence-electron chi connectivity index (χ2n) is 4.15. The molecule has 0 spiro atoms. The smallest absolute Gasteiger partial charge is 0.213 e. The number of nitrogens with zero attached hydrogens (tertiary/aromatic N) is 1. The van der Waals surface area contributed by atoms with Gasteiger partial charge in [-0.05, 0) is 32.4 Å². The summed E-state index contributed by atoms with van der Waals surface area (Å²) < 4.78 is 10.7. The van der Waals surface area contributed by atoms with Crippen LogP contribution < -0.4 is 10.1 Å². The highest BCUT2D eigenvalue weighted by Crippen LogP contribution is 2.14. The molecular weight excluding hydrogens is 228 g/mol. The molecule has 0 aliphatic rings. The molecule has 0 aliphatic carbocycles. The summed E-state index contributed by atoms with van der Waals surface area (Å²) in [5, 5.41) is 3.43. The first-order valence-electron chi connectivity index (χ1n) is 6.67. The molecule has 102 valence electrons. The third kappa shape index (κ3) is 5.47. The Morgan fingerprint density at radius 3 is 2.72 bits per heavy atom. The van der Waals surface area contributed by atoms with E-state index in [1.54, 1.807) is 0 Å². The monoisotopic (exact) mass is 252 g/mol. The molecular formula is C14H24N2O2. The number of hydrogen-bond donors (Lipinski definition) is 1. The van der Waals surface area contributed by atoms with Crippen LogP contribution in [0.5, 0.6) is 5.88 Å². The van der Waals surface area contributed by atoms with Gasteiger partial charge in [-0.1, -0.05) is 13.0 Å². The zero-order valence-electron chi connectivity index (χ0n) is 11.6. The van der Waals surface area contributed by atoms with Gasteiger partial charge in [0.05, 0.1) is 6.61 Å². The Morgan fingerprint density at radius 2 is 2.11 bits per heavy atom. The van der Waals surface area contributed by atoms with E-state index in [0.717, 1.165) is 19.6 Å². The third-order valence-corrected chi connectivity index (χ3v) is 2.64. The lowest BCUT2D eigenvalue weighted by Gasteiger charge is -2.13. The Kier molecular flexibility index (Phi) is 7.37. The molecule has 0 aromatic carbocycles. The second-order valence-corrected chi connectivity index (χ2v) is 4.15. The first kappa shape index (κ1) is 14.9. The van der Waals surface area contributed by atoms with Gasteiger partial charge >= 0.3 is 0 Å². The van der Waals surface area contributed by atoms with Crippen molar-refractivity contribution in [3.05, 3.63) is 23.9 Å². The average molecular weight is 252 g/mol. The van der Waals surface area contributed by atoms with Crippen molar-refractivity contribution in [2.45, 2.75) is 33.2 Å². The molecule has 0 fully saturated rings. The molecule has 18 heavy (non-hydrogen) atoms. The van der Waals surface area contributed by atoms with Gasteiger partial charge in [-0.15, -0.1) is 0 Å². The van der Waals surface area contributed by atoms with Gasteiger partial charge in [0.15, 0.2) is 0 Å². The minimum atomic E-state index is 0.329. The minimum Gasteiger partial charge on any atom is -0.475 e. The molecule has 0 amide bonds. The van der Waals surface area contributed by atoms with Crippen LogP contribution in [0.3, 0.4) is 0 Å². The van der Waals surface area contributed by atoms with Gasteiger partial charge in [0.1, 0.15) is 6.61 Å². The van der Waals surface area contributed by atoms with Crippen LogP contribution in [-0.2, 0) is 4.74 Å². The highest BCUT2D eigenvalue weighted by molar-refractivity contribution is 5.20. The van der Waals surface area contributed by atoms with E-state index in [2.05, 4.69) is 30.2 Å². The summed E-state index contributed by atoms with van der Waals surface area (Å²) >= 11 is 0. The maximum Gasteiger partial charge on any atom is 0.213 e. The molecule has 0 aliphatic heterocycles. The third-order valence-electron chi connectivity index (χ3n) is 2.64. The summed E-state index contributed by atoms with van der Waals surface area (Å²) in [7, 11) is 0. The topological polar surface area (TPSA) is 43.4 Å². The largest absolute Gasteiger partial charge is 0.475 e. The van der Waals surface area contributed by atoms with E-state index >= 15 is 0 Å². The van der Waals surface area contributed by atoms with Gasteiger partial charge in [0.25, 0.3) is 0 Å². The first-order valence-corrected chi connectivity index (χ1v) is 6.67. The number of aromatic nitrogens is 1. The molecule has 4 heteroatoms. The Hall–Kier alpha value is -1.13. The molecule has 4 nitrogen and oxygen atoms in total. The van der Waals surface area contributed by atoms with Crippen molar-refractivity contribution >= 4 is 0 Å². The van der Waals surface area contributed by atoms with Crippen LogP contribution in [0, 0.1) is 0 Å². The van der Waals surface area contributed by atoms with E-state index in [0.29, 0.717) is 25.1 Å². The molecule has 0 bridgehead atoms. The Morgan fingerprint density at radius 1 is 1.28 bits per heavy atom. The summed E-state index contributed by atoms with van der Waals surface area (Å²) in [6, 6.07) is 4.29. The molecule has 1 atom stereocenters. The molecule has 1 unspecified atom stereocenters. The highest BCUT2D eigenvalue weighted by Gasteiger charge is 2.04. The predicted octanol–water partition coefficient (Wildman–Crippen LogP) is 2.56. The SMILES string of the molecule is CCCNC(C)c1ccc(OCCOCC)nc1. The maximum absolute atomic E-state index is 5.47. The predicted molar refractivity (Wildman–Crippen MR) is 72.9 cm³/mol. The zero-order chi connectivity index (χ0) is 13.2. The van der Waals surface area contributed by atoms with Gasteiger partial charge in [-0.25, -0.2) is 4.98 Å². The quantitative estimate of drug-likeness (QED) is 0.686. The van der Waals surface area contributed by atoms with Crippen LogP contribution in [0.15, 0.2) is 18.3 Å². The van der Waals surface area contributed by atoms with Crippen LogP contribution in [0.4, 0.5) is 0 Å². The van der Waals surface area contributed by atoms with Gasteiger partial charge in [-0.2, -0.15) is 0 Å². The van der Waals surface area contributed by atoms with Gasteiger partial charge < -0.3 is 14.8 Å². The molecule has 0 radical (unpaired) electrons. The lowest BCUT2D eigenvalue weighted by atomic mass is 10.1. The summed E-state index contributed by atoms with van der Waals surface area (Å²) in [4.78, 5) is 4.29. The maximum atomic E-state index is 5.47. The van der Waals surface area contributed by atoms with Gasteiger partial charge in [-0.3, -0.25) is 0 Å². The molecule has 1 aromatic rings. The zero-order valence-corrected chi connectivity index (χ0v) is 11.6. The summed E-state index contributed by atoms with van der Waals surface area (Å²) in [6.45, 7) is 9.16. The van der Waals surface area contributed by atoms with Crippen molar-refractivity contribution < 1.29 is 9.47 Å². The van der Waals surface area contributed by atoms with Crippen molar-refractivity contribution in [1.29, 1.82) is 0 Å². The highest BCUT2D eigenvalue weighted by atomic mass is 16.5. The Labute approximate surface area is 110 Å². The molecule has 1 rings (SSSR count). The Balaban J connectivity index is 2.37. The Bertz CT molecular complexity index is 314. The summed E-state index contributed by atoms with van der Waals surface area (Å²) in [5.74, 6) is 0.654. The summed E-state index contributed by atoms with van der Waals surface area (Å²) in [5.41, 5.74) is 1.18. The number of pyridine rings is 1. The van der Waals surface area contributed by atoms with Crippen LogP contribution in [0.25, 0.3) is 0 Å². The summed E-state index contributed by atoms with van der Waals surface area (Å²) in [6.07, 6.45) is 3.00. The van der Waals surface area contributed by atoms with E-state index < -0.39 is 0 Å². The molecule has 1 N–H and O–H groups in total. The van der Waals surface area contributed by atoms with Crippen LogP contribution in [0.2, 0.25) is 0 Å². The van der Waals surface area contributed by atoms with Crippen molar-refractivity contribution in [2.75, 3.05) is 26.4 Å². The molecule has 1 heterocycles. The number of nitrogens with one attached hydrogen (secondary N) is 1. The fourth-order valence-electron chi connectivity index (χ4n) is 1.56. The van der Waals surface area contributed by atoms with E-state index in [-0.39, 0.29) is 0 Å². The van der Waals surface area contributed by atoms with Crippen molar-refractivity contribution in [3.63, 3.8) is 0 Å². The van der Waals surface area contributed by atoms with Crippen LogP contribution >= 0.6 is 0 Å². The molecule has 1 aromatic heterocycles.